The van der Waals surface area contributed by atoms with Gasteiger partial charge in [-0.15, -0.1) is 5.10 Å². The van der Waals surface area contributed by atoms with Gasteiger partial charge in [-0.3, -0.25) is 5.10 Å². The summed E-state index contributed by atoms with van der Waals surface area (Å²) < 4.78 is 14.5. The minimum atomic E-state index is -0.716. The van der Waals surface area contributed by atoms with E-state index in [1.807, 2.05) is 24.3 Å². The topological polar surface area (TPSA) is 76.3 Å². The third kappa shape index (κ3) is 3.34. The van der Waals surface area contributed by atoms with Crippen LogP contribution in [0.1, 0.15) is 40.7 Å². The van der Waals surface area contributed by atoms with Crippen LogP contribution in [0.25, 0.3) is 22.0 Å². The van der Waals surface area contributed by atoms with E-state index in [4.69, 9.17) is 11.6 Å². The Kier molecular flexibility index (Phi) is 4.98. The van der Waals surface area contributed by atoms with Gasteiger partial charge in [-0.2, -0.15) is 14.9 Å². The quantitative estimate of drug-likeness (QED) is 0.382. The van der Waals surface area contributed by atoms with Crippen LogP contribution in [0.5, 0.6) is 0 Å². The molecule has 0 amide bonds. The Morgan fingerprint density at radius 1 is 1.09 bits per heavy atom. The summed E-state index contributed by atoms with van der Waals surface area (Å²) >= 11 is 6.16. The molecule has 1 aliphatic carbocycles. The molecule has 153 valence electrons. The molecular weight excluding hydrogens is 423 g/mol. The number of H-pyrrole nitrogens is 1. The number of nitrogens with zero attached hydrogens (tertiary/aromatic N) is 3. The Hall–Kier alpha value is -3.93. The molecule has 1 fully saturated rings. The number of nitrogens with one attached hydrogen (secondary N) is 1. The molecule has 0 saturated heterocycles. The molecule has 0 bridgehead atoms. The lowest BCUT2D eigenvalue weighted by Gasteiger charge is -2.19. The van der Waals surface area contributed by atoms with Crippen molar-refractivity contribution in [2.75, 3.05) is 0 Å². The molecule has 0 aliphatic heterocycles. The maximum absolute atomic E-state index is 14.5. The first-order chi connectivity index (χ1) is 15.6. The fourth-order valence-corrected chi connectivity index (χ4v) is 4.33. The van der Waals surface area contributed by atoms with Crippen molar-refractivity contribution >= 4 is 33.7 Å². The van der Waals surface area contributed by atoms with Crippen LogP contribution in [0.4, 0.5) is 4.39 Å². The van der Waals surface area contributed by atoms with E-state index in [2.05, 4.69) is 28.4 Å². The second-order valence-electron chi connectivity index (χ2n) is 7.68. The van der Waals surface area contributed by atoms with Gasteiger partial charge in [0.05, 0.1) is 28.1 Å². The van der Waals surface area contributed by atoms with Gasteiger partial charge in [0.1, 0.15) is 6.07 Å². The molecule has 1 heterocycles. The van der Waals surface area contributed by atoms with Crippen molar-refractivity contribution in [3.63, 3.8) is 0 Å². The Morgan fingerprint density at radius 3 is 2.59 bits per heavy atom. The van der Waals surface area contributed by atoms with Crippen LogP contribution in [0.15, 0.2) is 54.6 Å². The average Bonchev–Trinajstić information content (AvgIpc) is 3.59. The number of fused-ring (bicyclic) bond motifs is 1. The molecule has 1 saturated carbocycles. The number of hydrogen-bond donors (Lipinski definition) is 1. The fraction of sp³-hybridized carbons (Fsp3) is 0.115. The third-order valence-corrected chi connectivity index (χ3v) is 5.93. The number of allylic oxidation sites excluding steroid dienone is 1. The molecule has 0 atom stereocenters. The Morgan fingerprint density at radius 2 is 1.91 bits per heavy atom. The number of nitriles is 2. The van der Waals surface area contributed by atoms with Crippen molar-refractivity contribution in [2.45, 2.75) is 12.8 Å². The van der Waals surface area contributed by atoms with E-state index in [9.17, 15) is 14.9 Å². The smallest absolute Gasteiger partial charge is 0.241 e. The maximum Gasteiger partial charge on any atom is 0.241 e. The molecule has 3 aromatic carbocycles. The molecule has 0 unspecified atom stereocenters. The first-order valence-electron chi connectivity index (χ1n) is 10.1. The summed E-state index contributed by atoms with van der Waals surface area (Å²) in [5, 5.41) is 26.8. The number of halogens is 2. The summed E-state index contributed by atoms with van der Waals surface area (Å²) in [5.74, 6) is -0.504. The Bertz CT molecular complexity index is 1470. The van der Waals surface area contributed by atoms with Gasteiger partial charge in [-0.25, -0.2) is 0 Å². The van der Waals surface area contributed by atoms with Gasteiger partial charge in [0, 0.05) is 10.6 Å². The van der Waals surface area contributed by atoms with Gasteiger partial charge >= 0.3 is 0 Å². The molecule has 1 aromatic heterocycles. The molecule has 6 heteroatoms. The van der Waals surface area contributed by atoms with E-state index in [0.717, 1.165) is 35.1 Å². The standard InChI is InChI=1S/C26H15ClFN4/c27-18-8-9-19(17(12-18)13-29)23(16-6-7-16)24(15-4-2-1-3-5-15)20-10-11-22-25(21(20)14-30)26(28)32-31-22/h1-4,8-12,16H,6-7H2,(H,31,32)/b24-23+. The predicted octanol–water partition coefficient (Wildman–Crippen LogP) is 6.27. The van der Waals surface area contributed by atoms with Crippen LogP contribution < -0.4 is 0 Å². The van der Waals surface area contributed by atoms with Crippen molar-refractivity contribution in [1.82, 2.24) is 10.2 Å². The van der Waals surface area contributed by atoms with Crippen molar-refractivity contribution < 1.29 is 4.39 Å². The molecular formula is C26H15ClFN4. The summed E-state index contributed by atoms with van der Waals surface area (Å²) in [7, 11) is 0. The van der Waals surface area contributed by atoms with Gasteiger partial charge in [-0.05, 0) is 65.3 Å². The molecule has 0 spiro atoms. The molecule has 4 aromatic rings. The highest BCUT2D eigenvalue weighted by atomic mass is 35.5. The van der Waals surface area contributed by atoms with Gasteiger partial charge in [-0.1, -0.05) is 48.0 Å². The third-order valence-electron chi connectivity index (χ3n) is 5.69. The fourth-order valence-electron chi connectivity index (χ4n) is 4.16. The normalized spacial score (nSPS) is 14.0. The van der Waals surface area contributed by atoms with Crippen LogP contribution in [-0.2, 0) is 0 Å². The number of rotatable bonds is 4. The summed E-state index contributed by atoms with van der Waals surface area (Å²) in [5.41, 5.74) is 4.95. The number of benzene rings is 3. The van der Waals surface area contributed by atoms with E-state index in [0.29, 0.717) is 21.7 Å². The van der Waals surface area contributed by atoms with Crippen molar-refractivity contribution in [1.29, 1.82) is 10.5 Å². The minimum absolute atomic E-state index is 0.158. The highest BCUT2D eigenvalue weighted by molar-refractivity contribution is 6.30. The molecule has 1 N–H and O–H groups in total. The lowest BCUT2D eigenvalue weighted by molar-refractivity contribution is 0.588. The zero-order chi connectivity index (χ0) is 22.2. The van der Waals surface area contributed by atoms with E-state index in [1.54, 1.807) is 30.3 Å². The summed E-state index contributed by atoms with van der Waals surface area (Å²) in [4.78, 5) is 0. The molecule has 1 aliphatic rings. The summed E-state index contributed by atoms with van der Waals surface area (Å²) in [6.07, 6.45) is 1.92. The lowest BCUT2D eigenvalue weighted by Crippen LogP contribution is -2.02. The van der Waals surface area contributed by atoms with Crippen LogP contribution in [0.3, 0.4) is 0 Å². The Balaban J connectivity index is 1.92. The van der Waals surface area contributed by atoms with Crippen LogP contribution in [0, 0.1) is 40.6 Å². The highest BCUT2D eigenvalue weighted by Gasteiger charge is 2.33. The van der Waals surface area contributed by atoms with Crippen molar-refractivity contribution in [3.05, 3.63) is 99.5 Å². The van der Waals surface area contributed by atoms with E-state index in [-0.39, 0.29) is 16.9 Å². The number of aromatic nitrogens is 2. The second kappa shape index (κ2) is 7.96. The highest BCUT2D eigenvalue weighted by Crippen LogP contribution is 2.49. The Labute approximate surface area is 189 Å². The van der Waals surface area contributed by atoms with Gasteiger partial charge in [0.2, 0.25) is 5.95 Å². The lowest BCUT2D eigenvalue weighted by atomic mass is 9.83. The SMILES string of the molecule is N#Cc1cc(Cl)ccc1/C(=C(\c1[c]cccc1)c1ccc2[nH]nc(F)c2c1C#N)C1CC1. The summed E-state index contributed by atoms with van der Waals surface area (Å²) in [6, 6.07) is 24.0. The van der Waals surface area contributed by atoms with E-state index >= 15 is 0 Å². The molecule has 5 rings (SSSR count). The van der Waals surface area contributed by atoms with E-state index in [1.165, 1.54) is 0 Å². The summed E-state index contributed by atoms with van der Waals surface area (Å²) in [6.45, 7) is 0. The molecule has 32 heavy (non-hydrogen) atoms. The maximum atomic E-state index is 14.5. The van der Waals surface area contributed by atoms with Gasteiger partial charge in [0.15, 0.2) is 0 Å². The van der Waals surface area contributed by atoms with Crippen LogP contribution in [0.2, 0.25) is 5.02 Å². The predicted molar refractivity (Wildman–Crippen MR) is 121 cm³/mol. The second-order valence-corrected chi connectivity index (χ2v) is 8.11. The van der Waals surface area contributed by atoms with Gasteiger partial charge < -0.3 is 0 Å². The van der Waals surface area contributed by atoms with Gasteiger partial charge in [0.25, 0.3) is 0 Å². The largest absolute Gasteiger partial charge is 0.275 e. The first kappa shape index (κ1) is 20.0. The zero-order valence-electron chi connectivity index (χ0n) is 16.8. The monoisotopic (exact) mass is 437 g/mol. The zero-order valence-corrected chi connectivity index (χ0v) is 17.5. The number of hydrogen-bond acceptors (Lipinski definition) is 3. The molecule has 1 radical (unpaired) electrons. The minimum Gasteiger partial charge on any atom is -0.275 e. The average molecular weight is 438 g/mol. The van der Waals surface area contributed by atoms with Crippen molar-refractivity contribution in [3.8, 4) is 12.1 Å². The van der Waals surface area contributed by atoms with E-state index < -0.39 is 5.95 Å². The molecule has 4 nitrogen and oxygen atoms in total. The first-order valence-corrected chi connectivity index (χ1v) is 10.5. The van der Waals surface area contributed by atoms with Crippen molar-refractivity contribution in [2.24, 2.45) is 5.92 Å². The van der Waals surface area contributed by atoms with Crippen LogP contribution >= 0.6 is 11.6 Å². The van der Waals surface area contributed by atoms with Crippen LogP contribution in [-0.4, -0.2) is 10.2 Å². The number of aromatic amines is 1.